The third-order valence-electron chi connectivity index (χ3n) is 5.66. The summed E-state index contributed by atoms with van der Waals surface area (Å²) in [4.78, 5) is 5.04. The van der Waals surface area contributed by atoms with E-state index in [-0.39, 0.29) is 0 Å². The molecule has 4 aromatic carbocycles. The second-order valence-electron chi connectivity index (χ2n) is 8.06. The van der Waals surface area contributed by atoms with Gasteiger partial charge in [0.1, 0.15) is 0 Å². The molecule has 3 nitrogen and oxygen atoms in total. The Morgan fingerprint density at radius 1 is 0.765 bits per heavy atom. The molecule has 4 aromatic rings. The van der Waals surface area contributed by atoms with Crippen molar-refractivity contribution in [2.75, 3.05) is 16.5 Å². The van der Waals surface area contributed by atoms with Crippen LogP contribution in [0.2, 0.25) is 0 Å². The highest BCUT2D eigenvalue weighted by molar-refractivity contribution is 7.99. The van der Waals surface area contributed by atoms with Crippen molar-refractivity contribution in [2.24, 2.45) is 5.10 Å². The van der Waals surface area contributed by atoms with Crippen molar-refractivity contribution in [2.45, 2.75) is 23.1 Å². The first-order valence-corrected chi connectivity index (χ1v) is 12.4. The largest absolute Gasteiger partial charge is 0.340 e. The molecule has 0 radical (unpaired) electrons. The van der Waals surface area contributed by atoms with Gasteiger partial charge in [0.15, 0.2) is 0 Å². The van der Waals surface area contributed by atoms with E-state index < -0.39 is 0 Å². The minimum absolute atomic E-state index is 1.02. The summed E-state index contributed by atoms with van der Waals surface area (Å²) in [5.41, 5.74) is 5.81. The Bertz CT molecular complexity index is 1260. The quantitative estimate of drug-likeness (QED) is 0.203. The predicted molar refractivity (Wildman–Crippen MR) is 147 cm³/mol. The molecule has 0 N–H and O–H groups in total. The fourth-order valence-electron chi connectivity index (χ4n) is 4.10. The molecule has 0 fully saturated rings. The van der Waals surface area contributed by atoms with Gasteiger partial charge in [-0.2, -0.15) is 5.10 Å². The van der Waals surface area contributed by atoms with Crippen LogP contribution >= 0.6 is 11.8 Å². The molecule has 0 saturated carbocycles. The van der Waals surface area contributed by atoms with Crippen LogP contribution in [-0.2, 0) is 0 Å². The first kappa shape index (κ1) is 22.1. The standard InChI is InChI=1S/C30H27N3S/c1-2-22-32-27-17-9-10-18-29(27)34-30-23-24(19-20-28(30)32)12-11-21-31-33(25-13-5-3-6-14-25)26-15-7-4-8-16-26/h3-21,23H,2,22H2,1H3/b12-11+,31-21+. The van der Waals surface area contributed by atoms with E-state index in [1.54, 1.807) is 0 Å². The predicted octanol–water partition coefficient (Wildman–Crippen LogP) is 8.54. The van der Waals surface area contributed by atoms with Gasteiger partial charge in [0, 0.05) is 22.6 Å². The van der Waals surface area contributed by atoms with Crippen LogP contribution in [0.4, 0.5) is 22.7 Å². The number of fused-ring (bicyclic) bond motifs is 2. The first-order valence-electron chi connectivity index (χ1n) is 11.6. The van der Waals surface area contributed by atoms with Gasteiger partial charge in [-0.25, -0.2) is 5.01 Å². The number of nitrogens with zero attached hydrogens (tertiary/aromatic N) is 3. The van der Waals surface area contributed by atoms with Crippen molar-refractivity contribution in [1.29, 1.82) is 0 Å². The number of hydrogen-bond acceptors (Lipinski definition) is 4. The summed E-state index contributed by atoms with van der Waals surface area (Å²) < 4.78 is 0. The van der Waals surface area contributed by atoms with Gasteiger partial charge in [0.2, 0.25) is 0 Å². The van der Waals surface area contributed by atoms with Crippen LogP contribution in [-0.4, -0.2) is 12.8 Å². The molecule has 0 saturated heterocycles. The van der Waals surface area contributed by atoms with Gasteiger partial charge >= 0.3 is 0 Å². The maximum atomic E-state index is 4.74. The van der Waals surface area contributed by atoms with E-state index in [0.29, 0.717) is 0 Å². The average molecular weight is 462 g/mol. The Hall–Kier alpha value is -3.76. The van der Waals surface area contributed by atoms with E-state index >= 15 is 0 Å². The van der Waals surface area contributed by atoms with Gasteiger partial charge in [-0.3, -0.25) is 0 Å². The van der Waals surface area contributed by atoms with Crippen LogP contribution in [0.1, 0.15) is 18.9 Å². The normalized spacial score (nSPS) is 12.7. The summed E-state index contributed by atoms with van der Waals surface area (Å²) in [6, 6.07) is 35.8. The van der Waals surface area contributed by atoms with Crippen molar-refractivity contribution in [3.8, 4) is 0 Å². The maximum absolute atomic E-state index is 4.74. The zero-order chi connectivity index (χ0) is 23.2. The molecule has 0 bridgehead atoms. The van der Waals surface area contributed by atoms with E-state index in [1.165, 1.54) is 26.7 Å². The highest BCUT2D eigenvalue weighted by atomic mass is 32.2. The molecule has 34 heavy (non-hydrogen) atoms. The minimum Gasteiger partial charge on any atom is -0.340 e. The number of hydrogen-bond donors (Lipinski definition) is 0. The lowest BCUT2D eigenvalue weighted by Crippen LogP contribution is -2.21. The van der Waals surface area contributed by atoms with Crippen LogP contribution in [0.5, 0.6) is 0 Å². The van der Waals surface area contributed by atoms with E-state index in [2.05, 4.69) is 84.6 Å². The Kier molecular flexibility index (Phi) is 6.78. The van der Waals surface area contributed by atoms with Crippen molar-refractivity contribution in [1.82, 2.24) is 0 Å². The van der Waals surface area contributed by atoms with Crippen molar-refractivity contribution in [3.63, 3.8) is 0 Å². The number of rotatable bonds is 7. The number of hydrazone groups is 1. The molecule has 1 heterocycles. The van der Waals surface area contributed by atoms with Crippen LogP contribution in [0.3, 0.4) is 0 Å². The summed E-state index contributed by atoms with van der Waals surface area (Å²) in [5.74, 6) is 0. The molecule has 0 atom stereocenters. The van der Waals surface area contributed by atoms with Gasteiger partial charge in [0.25, 0.3) is 0 Å². The van der Waals surface area contributed by atoms with E-state index in [9.17, 15) is 0 Å². The molecule has 0 spiro atoms. The maximum Gasteiger partial charge on any atom is 0.0652 e. The van der Waals surface area contributed by atoms with E-state index in [1.807, 2.05) is 65.5 Å². The second kappa shape index (κ2) is 10.4. The van der Waals surface area contributed by atoms with E-state index in [4.69, 9.17) is 5.10 Å². The summed E-state index contributed by atoms with van der Waals surface area (Å²) in [5, 5.41) is 6.69. The van der Waals surface area contributed by atoms with Crippen LogP contribution in [0.25, 0.3) is 6.08 Å². The Morgan fingerprint density at radius 2 is 1.41 bits per heavy atom. The van der Waals surface area contributed by atoms with Gasteiger partial charge in [-0.05, 0) is 66.6 Å². The monoisotopic (exact) mass is 461 g/mol. The smallest absolute Gasteiger partial charge is 0.0652 e. The van der Waals surface area contributed by atoms with Crippen LogP contribution in [0, 0.1) is 0 Å². The highest BCUT2D eigenvalue weighted by Crippen LogP contribution is 2.48. The van der Waals surface area contributed by atoms with E-state index in [0.717, 1.165) is 24.3 Å². The second-order valence-corrected chi connectivity index (χ2v) is 9.14. The molecule has 0 aromatic heterocycles. The Morgan fingerprint density at radius 3 is 2.12 bits per heavy atom. The molecule has 5 rings (SSSR count). The third kappa shape index (κ3) is 4.78. The van der Waals surface area contributed by atoms with Crippen molar-refractivity contribution in [3.05, 3.63) is 115 Å². The number of anilines is 4. The molecule has 4 heteroatoms. The topological polar surface area (TPSA) is 18.8 Å². The van der Waals surface area contributed by atoms with Gasteiger partial charge in [-0.1, -0.05) is 79.4 Å². The molecule has 0 amide bonds. The number of allylic oxidation sites excluding steroid dienone is 1. The summed E-state index contributed by atoms with van der Waals surface area (Å²) in [6.45, 7) is 3.25. The van der Waals surface area contributed by atoms with Crippen molar-refractivity contribution < 1.29 is 0 Å². The third-order valence-corrected chi connectivity index (χ3v) is 6.77. The zero-order valence-electron chi connectivity index (χ0n) is 19.2. The summed E-state index contributed by atoms with van der Waals surface area (Å²) in [7, 11) is 0. The molecular formula is C30H27N3S. The van der Waals surface area contributed by atoms with Crippen molar-refractivity contribution >= 4 is 46.8 Å². The lowest BCUT2D eigenvalue weighted by atomic mass is 10.1. The van der Waals surface area contributed by atoms with Gasteiger partial charge in [0.05, 0.1) is 22.7 Å². The Labute approximate surface area is 206 Å². The Balaban J connectivity index is 1.38. The fraction of sp³-hybridized carbons (Fsp3) is 0.100. The summed E-state index contributed by atoms with van der Waals surface area (Å²) in [6.07, 6.45) is 7.08. The minimum atomic E-state index is 1.02. The SMILES string of the molecule is CCCN1c2ccccc2Sc2cc(/C=C/C=N/N(c3ccccc3)c3ccccc3)ccc21. The number of para-hydroxylation sites is 3. The van der Waals surface area contributed by atoms with Gasteiger partial charge < -0.3 is 4.90 Å². The van der Waals surface area contributed by atoms with Crippen LogP contribution < -0.4 is 9.91 Å². The van der Waals surface area contributed by atoms with Crippen LogP contribution in [0.15, 0.2) is 124 Å². The fourth-order valence-corrected chi connectivity index (χ4v) is 5.24. The molecule has 0 aliphatic carbocycles. The lowest BCUT2D eigenvalue weighted by Gasteiger charge is -2.32. The molecule has 1 aliphatic heterocycles. The molecule has 1 aliphatic rings. The summed E-state index contributed by atoms with van der Waals surface area (Å²) >= 11 is 1.85. The lowest BCUT2D eigenvalue weighted by molar-refractivity contribution is 0.866. The highest BCUT2D eigenvalue weighted by Gasteiger charge is 2.22. The molecule has 0 unspecified atom stereocenters. The average Bonchev–Trinajstić information content (AvgIpc) is 2.89. The first-order chi connectivity index (χ1) is 16.8. The zero-order valence-corrected chi connectivity index (χ0v) is 20.0. The molecular weight excluding hydrogens is 434 g/mol. The van der Waals surface area contributed by atoms with Gasteiger partial charge in [-0.15, -0.1) is 0 Å². The number of benzene rings is 4. The molecule has 168 valence electrons.